The molecule has 0 aliphatic carbocycles. The zero-order valence-electron chi connectivity index (χ0n) is 12.2. The first-order chi connectivity index (χ1) is 8.84. The topological polar surface area (TPSA) is 61.7 Å². The van der Waals surface area contributed by atoms with Gasteiger partial charge in [-0.25, -0.2) is 0 Å². The summed E-state index contributed by atoms with van der Waals surface area (Å²) in [4.78, 5) is 0. The summed E-state index contributed by atoms with van der Waals surface area (Å²) in [5, 5.41) is 22.0. The highest BCUT2D eigenvalue weighted by Gasteiger charge is 2.17. The van der Waals surface area contributed by atoms with Gasteiger partial charge in [0.15, 0.2) is 0 Å². The minimum Gasteiger partial charge on any atom is -0.491 e. The third kappa shape index (κ3) is 5.59. The molecule has 108 valence electrons. The van der Waals surface area contributed by atoms with Crippen molar-refractivity contribution in [3.05, 3.63) is 29.3 Å². The molecule has 0 aromatic heterocycles. The Labute approximate surface area is 115 Å². The lowest BCUT2D eigenvalue weighted by atomic mass is 10.1. The number of hydrogen-bond donors (Lipinski definition) is 3. The molecule has 0 aliphatic rings. The fourth-order valence-corrected chi connectivity index (χ4v) is 1.66. The smallest absolute Gasteiger partial charge is 0.122 e. The van der Waals surface area contributed by atoms with Crippen molar-refractivity contribution in [2.45, 2.75) is 39.3 Å². The van der Waals surface area contributed by atoms with E-state index in [0.29, 0.717) is 6.54 Å². The van der Waals surface area contributed by atoms with Crippen molar-refractivity contribution in [3.63, 3.8) is 0 Å². The lowest BCUT2D eigenvalue weighted by Crippen LogP contribution is -2.47. The SMILES string of the molecule is Cc1ccc(OC[C@@H](O)CNC(C)(C)CO)c(C)c1. The van der Waals surface area contributed by atoms with Crippen molar-refractivity contribution in [2.75, 3.05) is 19.8 Å². The number of aliphatic hydroxyl groups is 2. The molecule has 0 saturated carbocycles. The lowest BCUT2D eigenvalue weighted by molar-refractivity contribution is 0.0904. The van der Waals surface area contributed by atoms with E-state index in [9.17, 15) is 5.11 Å². The summed E-state index contributed by atoms with van der Waals surface area (Å²) in [5.74, 6) is 0.797. The molecular weight excluding hydrogens is 242 g/mol. The number of β-amino-alcohol motifs (C(OH)–C–C–N with tert-alkyl or cyclic N) is 1. The Kier molecular flexibility index (Phi) is 5.79. The van der Waals surface area contributed by atoms with E-state index < -0.39 is 6.10 Å². The number of hydrogen-bond acceptors (Lipinski definition) is 4. The van der Waals surface area contributed by atoms with Crippen LogP contribution in [0.5, 0.6) is 5.75 Å². The Balaban J connectivity index is 2.40. The van der Waals surface area contributed by atoms with Crippen LogP contribution in [0.25, 0.3) is 0 Å². The average Bonchev–Trinajstić information content (AvgIpc) is 2.35. The van der Waals surface area contributed by atoms with Gasteiger partial charge in [-0.05, 0) is 39.3 Å². The van der Waals surface area contributed by atoms with Gasteiger partial charge in [-0.1, -0.05) is 17.7 Å². The molecule has 1 aromatic rings. The molecule has 0 spiro atoms. The van der Waals surface area contributed by atoms with Crippen molar-refractivity contribution in [2.24, 2.45) is 0 Å². The summed E-state index contributed by atoms with van der Waals surface area (Å²) < 4.78 is 5.60. The first-order valence-electron chi connectivity index (χ1n) is 6.58. The highest BCUT2D eigenvalue weighted by Crippen LogP contribution is 2.18. The first kappa shape index (κ1) is 16.0. The van der Waals surface area contributed by atoms with Gasteiger partial charge in [0.2, 0.25) is 0 Å². The standard InChI is InChI=1S/C15H25NO3/c1-11-5-6-14(12(2)7-11)19-9-13(18)8-16-15(3,4)10-17/h5-7,13,16-18H,8-10H2,1-4H3/t13-/m0/s1. The summed E-state index contributed by atoms with van der Waals surface area (Å²) in [6.45, 7) is 8.43. The summed E-state index contributed by atoms with van der Waals surface area (Å²) in [7, 11) is 0. The Morgan fingerprint density at radius 1 is 1.32 bits per heavy atom. The second kappa shape index (κ2) is 6.89. The van der Waals surface area contributed by atoms with Crippen LogP contribution in [0.15, 0.2) is 18.2 Å². The summed E-state index contributed by atoms with van der Waals surface area (Å²) >= 11 is 0. The van der Waals surface area contributed by atoms with Gasteiger partial charge < -0.3 is 20.3 Å². The predicted octanol–water partition coefficient (Wildman–Crippen LogP) is 1.40. The molecule has 3 N–H and O–H groups in total. The number of nitrogens with one attached hydrogen (secondary N) is 1. The van der Waals surface area contributed by atoms with Gasteiger partial charge in [0.05, 0.1) is 6.61 Å². The van der Waals surface area contributed by atoms with Gasteiger partial charge in [-0.15, -0.1) is 0 Å². The molecule has 1 atom stereocenters. The van der Waals surface area contributed by atoms with Gasteiger partial charge in [0, 0.05) is 12.1 Å². The van der Waals surface area contributed by atoms with Crippen LogP contribution < -0.4 is 10.1 Å². The number of aryl methyl sites for hydroxylation is 2. The zero-order valence-corrected chi connectivity index (χ0v) is 12.2. The summed E-state index contributed by atoms with van der Waals surface area (Å²) in [6, 6.07) is 5.96. The molecule has 0 bridgehead atoms. The molecule has 0 aliphatic heterocycles. The predicted molar refractivity (Wildman–Crippen MR) is 76.6 cm³/mol. The van der Waals surface area contributed by atoms with Gasteiger partial charge in [-0.3, -0.25) is 0 Å². The van der Waals surface area contributed by atoms with E-state index in [1.165, 1.54) is 5.56 Å². The van der Waals surface area contributed by atoms with Crippen LogP contribution >= 0.6 is 0 Å². The van der Waals surface area contributed by atoms with Crippen molar-refractivity contribution < 1.29 is 14.9 Å². The molecule has 0 fully saturated rings. The van der Waals surface area contributed by atoms with Crippen LogP contribution in [0.3, 0.4) is 0 Å². The fraction of sp³-hybridized carbons (Fsp3) is 0.600. The van der Waals surface area contributed by atoms with Gasteiger partial charge in [-0.2, -0.15) is 0 Å². The van der Waals surface area contributed by atoms with E-state index in [2.05, 4.69) is 11.4 Å². The molecule has 0 amide bonds. The fourth-order valence-electron chi connectivity index (χ4n) is 1.66. The van der Waals surface area contributed by atoms with Crippen molar-refractivity contribution in [1.82, 2.24) is 5.32 Å². The van der Waals surface area contributed by atoms with Crippen LogP contribution in [-0.2, 0) is 0 Å². The molecule has 0 unspecified atom stereocenters. The number of rotatable bonds is 7. The highest BCUT2D eigenvalue weighted by atomic mass is 16.5. The van der Waals surface area contributed by atoms with Crippen molar-refractivity contribution >= 4 is 0 Å². The molecule has 19 heavy (non-hydrogen) atoms. The Morgan fingerprint density at radius 2 is 2.00 bits per heavy atom. The Hall–Kier alpha value is -1.10. The number of aliphatic hydroxyl groups excluding tert-OH is 2. The Morgan fingerprint density at radius 3 is 2.58 bits per heavy atom. The van der Waals surface area contributed by atoms with E-state index in [1.807, 2.05) is 39.8 Å². The normalized spacial score (nSPS) is 13.4. The molecule has 4 heteroatoms. The lowest BCUT2D eigenvalue weighted by Gasteiger charge is -2.25. The third-order valence-corrected chi connectivity index (χ3v) is 2.97. The van der Waals surface area contributed by atoms with Crippen LogP contribution in [0.4, 0.5) is 0 Å². The molecule has 0 radical (unpaired) electrons. The van der Waals surface area contributed by atoms with Crippen LogP contribution in [-0.4, -0.2) is 41.6 Å². The van der Waals surface area contributed by atoms with Gasteiger partial charge >= 0.3 is 0 Å². The molecule has 1 rings (SSSR count). The second-order valence-electron chi connectivity index (χ2n) is 5.66. The number of ether oxygens (including phenoxy) is 1. The van der Waals surface area contributed by atoms with Crippen LogP contribution in [0, 0.1) is 13.8 Å². The summed E-state index contributed by atoms with van der Waals surface area (Å²) in [5.41, 5.74) is 1.87. The van der Waals surface area contributed by atoms with Gasteiger partial charge in [0.1, 0.15) is 18.5 Å². The zero-order chi connectivity index (χ0) is 14.5. The number of benzene rings is 1. The molecule has 1 aromatic carbocycles. The largest absolute Gasteiger partial charge is 0.491 e. The minimum atomic E-state index is -0.605. The molecule has 4 nitrogen and oxygen atoms in total. The third-order valence-electron chi connectivity index (χ3n) is 2.97. The molecule has 0 heterocycles. The van der Waals surface area contributed by atoms with E-state index >= 15 is 0 Å². The molecule has 0 saturated heterocycles. The Bertz CT molecular complexity index is 404. The minimum absolute atomic E-state index is 0.0254. The average molecular weight is 267 g/mol. The highest BCUT2D eigenvalue weighted by molar-refractivity contribution is 5.35. The van der Waals surface area contributed by atoms with Crippen molar-refractivity contribution in [1.29, 1.82) is 0 Å². The quantitative estimate of drug-likeness (QED) is 0.699. The monoisotopic (exact) mass is 267 g/mol. The van der Waals surface area contributed by atoms with Crippen molar-refractivity contribution in [3.8, 4) is 5.75 Å². The van der Waals surface area contributed by atoms with E-state index in [0.717, 1.165) is 11.3 Å². The first-order valence-corrected chi connectivity index (χ1v) is 6.58. The maximum atomic E-state index is 9.85. The second-order valence-corrected chi connectivity index (χ2v) is 5.66. The van der Waals surface area contributed by atoms with E-state index in [4.69, 9.17) is 9.84 Å². The van der Waals surface area contributed by atoms with E-state index in [1.54, 1.807) is 0 Å². The summed E-state index contributed by atoms with van der Waals surface area (Å²) in [6.07, 6.45) is -0.605. The maximum absolute atomic E-state index is 9.85. The molecular formula is C15H25NO3. The van der Waals surface area contributed by atoms with E-state index in [-0.39, 0.29) is 18.8 Å². The van der Waals surface area contributed by atoms with Crippen LogP contribution in [0.2, 0.25) is 0 Å². The maximum Gasteiger partial charge on any atom is 0.122 e. The van der Waals surface area contributed by atoms with Crippen LogP contribution in [0.1, 0.15) is 25.0 Å². The van der Waals surface area contributed by atoms with Gasteiger partial charge in [0.25, 0.3) is 0 Å².